The van der Waals surface area contributed by atoms with Crippen LogP contribution >= 0.6 is 0 Å². The van der Waals surface area contributed by atoms with Crippen molar-refractivity contribution < 1.29 is 17.6 Å². The zero-order valence-electron chi connectivity index (χ0n) is 16.2. The highest BCUT2D eigenvalue weighted by atomic mass is 32.2. The predicted molar refractivity (Wildman–Crippen MR) is 104 cm³/mol. The Bertz CT molecular complexity index is 788. The van der Waals surface area contributed by atoms with Gasteiger partial charge in [-0.1, -0.05) is 12.8 Å². The minimum atomic E-state index is -3.41. The monoisotopic (exact) mass is 396 g/mol. The lowest BCUT2D eigenvalue weighted by molar-refractivity contribution is -0.132. The zero-order chi connectivity index (χ0) is 19.6. The average Bonchev–Trinajstić information content (AvgIpc) is 2.87. The van der Waals surface area contributed by atoms with E-state index in [1.54, 1.807) is 13.0 Å². The standard InChI is InChI=1S/C20H29FN2O3S/c1-15(24)23-11-5-3-4-6-19(23)16-9-12-22(13-10-16)20-8-7-17(14-18(20)21)27(2,25)26/h7-8,14,16,19H,3-6,9-13H2,1-2H3. The van der Waals surface area contributed by atoms with Crippen LogP contribution in [-0.4, -0.2) is 51.2 Å². The van der Waals surface area contributed by atoms with Crippen molar-refractivity contribution in [3.05, 3.63) is 24.0 Å². The van der Waals surface area contributed by atoms with Crippen LogP contribution in [-0.2, 0) is 14.6 Å². The lowest BCUT2D eigenvalue weighted by Crippen LogP contribution is -2.47. The summed E-state index contributed by atoms with van der Waals surface area (Å²) in [5.41, 5.74) is 0.463. The number of benzene rings is 1. The van der Waals surface area contributed by atoms with Crippen molar-refractivity contribution in [3.63, 3.8) is 0 Å². The molecule has 2 fully saturated rings. The summed E-state index contributed by atoms with van der Waals surface area (Å²) in [7, 11) is -3.41. The second-order valence-electron chi connectivity index (χ2n) is 7.84. The summed E-state index contributed by atoms with van der Waals surface area (Å²) in [6.07, 6.45) is 7.39. The Morgan fingerprint density at radius 1 is 1.07 bits per heavy atom. The van der Waals surface area contributed by atoms with Crippen molar-refractivity contribution in [3.8, 4) is 0 Å². The van der Waals surface area contributed by atoms with Crippen molar-refractivity contribution in [2.24, 2.45) is 5.92 Å². The predicted octanol–water partition coefficient (Wildman–Crippen LogP) is 3.24. The average molecular weight is 397 g/mol. The summed E-state index contributed by atoms with van der Waals surface area (Å²) >= 11 is 0. The number of rotatable bonds is 3. The van der Waals surface area contributed by atoms with Gasteiger partial charge in [-0.25, -0.2) is 12.8 Å². The second-order valence-corrected chi connectivity index (χ2v) is 9.85. The SMILES string of the molecule is CC(=O)N1CCCCCC1C1CCN(c2ccc(S(C)(=O)=O)cc2F)CC1. The molecule has 150 valence electrons. The molecule has 1 aromatic rings. The van der Waals surface area contributed by atoms with Crippen LogP contribution in [0.25, 0.3) is 0 Å². The zero-order valence-corrected chi connectivity index (χ0v) is 17.0. The van der Waals surface area contributed by atoms with Gasteiger partial charge in [-0.15, -0.1) is 0 Å². The molecule has 1 amide bonds. The number of amides is 1. The molecule has 1 atom stereocenters. The number of halogens is 1. The smallest absolute Gasteiger partial charge is 0.219 e. The molecule has 0 spiro atoms. The summed E-state index contributed by atoms with van der Waals surface area (Å²) in [5, 5.41) is 0. The van der Waals surface area contributed by atoms with E-state index in [0.717, 1.165) is 64.1 Å². The Hall–Kier alpha value is -1.63. The number of hydrogen-bond acceptors (Lipinski definition) is 4. The molecule has 0 aliphatic carbocycles. The van der Waals surface area contributed by atoms with E-state index in [2.05, 4.69) is 4.90 Å². The maximum absolute atomic E-state index is 14.5. The van der Waals surface area contributed by atoms with Crippen LogP contribution in [0.1, 0.15) is 45.4 Å². The van der Waals surface area contributed by atoms with Gasteiger partial charge in [0.25, 0.3) is 0 Å². The Morgan fingerprint density at radius 3 is 2.37 bits per heavy atom. The summed E-state index contributed by atoms with van der Waals surface area (Å²) in [6.45, 7) is 3.96. The molecule has 2 saturated heterocycles. The number of hydrogen-bond donors (Lipinski definition) is 0. The van der Waals surface area contributed by atoms with E-state index in [1.807, 2.05) is 4.90 Å². The summed E-state index contributed by atoms with van der Waals surface area (Å²) < 4.78 is 37.7. The molecule has 1 unspecified atom stereocenters. The Labute approximate surface area is 161 Å². The van der Waals surface area contributed by atoms with Crippen LogP contribution in [0, 0.1) is 11.7 Å². The first-order valence-corrected chi connectivity index (χ1v) is 11.7. The Balaban J connectivity index is 1.69. The van der Waals surface area contributed by atoms with Crippen molar-refractivity contribution in [1.29, 1.82) is 0 Å². The first-order valence-electron chi connectivity index (χ1n) is 9.79. The van der Waals surface area contributed by atoms with Crippen molar-refractivity contribution in [1.82, 2.24) is 4.90 Å². The van der Waals surface area contributed by atoms with E-state index in [1.165, 1.54) is 12.5 Å². The van der Waals surface area contributed by atoms with Crippen LogP contribution in [0.4, 0.5) is 10.1 Å². The number of piperidine rings is 1. The molecule has 3 rings (SSSR count). The Morgan fingerprint density at radius 2 is 1.78 bits per heavy atom. The van der Waals surface area contributed by atoms with E-state index in [9.17, 15) is 17.6 Å². The van der Waals surface area contributed by atoms with Gasteiger partial charge in [0.05, 0.1) is 10.6 Å². The van der Waals surface area contributed by atoms with Gasteiger partial charge in [0.1, 0.15) is 5.82 Å². The first-order chi connectivity index (χ1) is 12.8. The van der Waals surface area contributed by atoms with Crippen LogP contribution in [0.5, 0.6) is 0 Å². The van der Waals surface area contributed by atoms with Crippen molar-refractivity contribution in [2.75, 3.05) is 30.8 Å². The fourth-order valence-electron chi connectivity index (χ4n) is 4.52. The van der Waals surface area contributed by atoms with E-state index >= 15 is 0 Å². The molecule has 2 aliphatic rings. The first kappa shape index (κ1) is 20.1. The Kier molecular flexibility index (Phi) is 6.08. The van der Waals surface area contributed by atoms with Crippen LogP contribution in [0.3, 0.4) is 0 Å². The molecular formula is C20H29FN2O3S. The fraction of sp³-hybridized carbons (Fsp3) is 0.650. The van der Waals surface area contributed by atoms with E-state index in [-0.39, 0.29) is 10.8 Å². The van der Waals surface area contributed by atoms with Gasteiger partial charge in [0.2, 0.25) is 5.91 Å². The number of carbonyl (C=O) groups excluding carboxylic acids is 1. The largest absolute Gasteiger partial charge is 0.369 e. The molecule has 5 nitrogen and oxygen atoms in total. The number of anilines is 1. The number of carbonyl (C=O) groups is 1. The molecule has 2 aliphatic heterocycles. The molecular weight excluding hydrogens is 367 g/mol. The van der Waals surface area contributed by atoms with Crippen molar-refractivity contribution in [2.45, 2.75) is 56.4 Å². The molecule has 0 saturated carbocycles. The summed E-state index contributed by atoms with van der Waals surface area (Å²) in [6, 6.07) is 4.45. The molecule has 1 aromatic carbocycles. The number of nitrogens with zero attached hydrogens (tertiary/aromatic N) is 2. The van der Waals surface area contributed by atoms with Gasteiger partial charge in [-0.3, -0.25) is 4.79 Å². The van der Waals surface area contributed by atoms with E-state index in [4.69, 9.17) is 0 Å². The highest BCUT2D eigenvalue weighted by Gasteiger charge is 2.33. The van der Waals surface area contributed by atoms with Gasteiger partial charge in [0, 0.05) is 38.9 Å². The number of likely N-dealkylation sites (tertiary alicyclic amines) is 1. The number of sulfone groups is 1. The minimum absolute atomic E-state index is 0.00851. The van der Waals surface area contributed by atoms with E-state index < -0.39 is 15.7 Å². The van der Waals surface area contributed by atoms with E-state index in [0.29, 0.717) is 17.6 Å². The highest BCUT2D eigenvalue weighted by molar-refractivity contribution is 7.90. The third-order valence-electron chi connectivity index (χ3n) is 5.98. The summed E-state index contributed by atoms with van der Waals surface area (Å²) in [4.78, 5) is 16.1. The third-order valence-corrected chi connectivity index (χ3v) is 7.09. The molecule has 7 heteroatoms. The maximum atomic E-state index is 14.5. The minimum Gasteiger partial charge on any atom is -0.369 e. The summed E-state index contributed by atoms with van der Waals surface area (Å²) in [5.74, 6) is 0.115. The van der Waals surface area contributed by atoms with Crippen LogP contribution in [0.15, 0.2) is 23.1 Å². The van der Waals surface area contributed by atoms with Gasteiger partial charge in [-0.05, 0) is 49.8 Å². The lowest BCUT2D eigenvalue weighted by Gasteiger charge is -2.41. The second kappa shape index (κ2) is 8.17. The quantitative estimate of drug-likeness (QED) is 0.787. The van der Waals surface area contributed by atoms with Gasteiger partial charge in [-0.2, -0.15) is 0 Å². The van der Waals surface area contributed by atoms with Gasteiger partial charge < -0.3 is 9.80 Å². The molecule has 27 heavy (non-hydrogen) atoms. The van der Waals surface area contributed by atoms with Crippen LogP contribution < -0.4 is 4.90 Å². The van der Waals surface area contributed by atoms with Gasteiger partial charge >= 0.3 is 0 Å². The molecule has 0 bridgehead atoms. The fourth-order valence-corrected chi connectivity index (χ4v) is 5.15. The lowest BCUT2D eigenvalue weighted by atomic mass is 9.86. The molecule has 0 radical (unpaired) electrons. The highest BCUT2D eigenvalue weighted by Crippen LogP contribution is 2.33. The topological polar surface area (TPSA) is 57.7 Å². The van der Waals surface area contributed by atoms with Crippen LogP contribution in [0.2, 0.25) is 0 Å². The molecule has 0 aromatic heterocycles. The van der Waals surface area contributed by atoms with Crippen molar-refractivity contribution >= 4 is 21.4 Å². The third kappa shape index (κ3) is 4.62. The molecule has 0 N–H and O–H groups in total. The normalized spacial score (nSPS) is 22.6. The maximum Gasteiger partial charge on any atom is 0.219 e. The molecule has 2 heterocycles. The van der Waals surface area contributed by atoms with Gasteiger partial charge in [0.15, 0.2) is 9.84 Å².